The lowest BCUT2D eigenvalue weighted by molar-refractivity contribution is -0.144. The second kappa shape index (κ2) is 10.1. The number of carbonyl (C=O) groups excluding carboxylic acids is 2. The number of aliphatic hydroxyl groups excluding tert-OH is 1. The molecule has 24 heavy (non-hydrogen) atoms. The summed E-state index contributed by atoms with van der Waals surface area (Å²) in [5.41, 5.74) is 5.29. The number of amides is 2. The molecule has 0 aliphatic rings. The molecule has 0 heterocycles. The maximum atomic E-state index is 11.9. The van der Waals surface area contributed by atoms with E-state index in [2.05, 4.69) is 0 Å². The summed E-state index contributed by atoms with van der Waals surface area (Å²) < 4.78 is 0. The molecule has 0 aliphatic heterocycles. The van der Waals surface area contributed by atoms with Crippen LogP contribution in [0.5, 0.6) is 0 Å². The van der Waals surface area contributed by atoms with E-state index in [0.717, 1.165) is 0 Å². The smallest absolute Gasteiger partial charge is 0.326 e. The number of hydrogen-bond donors (Lipinski definition) is 7. The lowest BCUT2D eigenvalue weighted by Crippen LogP contribution is -2.56. The number of aliphatic carboxylic acids is 3. The molecule has 0 saturated heterocycles. The highest BCUT2D eigenvalue weighted by molar-refractivity contribution is 5.93. The average molecular weight is 349 g/mol. The van der Waals surface area contributed by atoms with Crippen LogP contribution in [0.25, 0.3) is 0 Å². The maximum absolute atomic E-state index is 11.9. The van der Waals surface area contributed by atoms with Crippen molar-refractivity contribution >= 4 is 29.7 Å². The molecule has 0 fully saturated rings. The Morgan fingerprint density at radius 3 is 1.83 bits per heavy atom. The number of carboxylic acid groups (broad SMARTS) is 3. The summed E-state index contributed by atoms with van der Waals surface area (Å²) in [6.07, 6.45) is -1.63. The highest BCUT2D eigenvalue weighted by atomic mass is 16.4. The number of rotatable bonds is 11. The van der Waals surface area contributed by atoms with Crippen molar-refractivity contribution in [2.24, 2.45) is 5.73 Å². The molecule has 0 aromatic carbocycles. The van der Waals surface area contributed by atoms with Crippen LogP contribution >= 0.6 is 0 Å². The number of hydrogen-bond acceptors (Lipinski definition) is 7. The van der Waals surface area contributed by atoms with Crippen LogP contribution in [0.2, 0.25) is 0 Å². The lowest BCUT2D eigenvalue weighted by atomic mass is 10.1. The monoisotopic (exact) mass is 349 g/mol. The second-order valence-electron chi connectivity index (χ2n) is 4.78. The van der Waals surface area contributed by atoms with E-state index in [0.29, 0.717) is 0 Å². The second-order valence-corrected chi connectivity index (χ2v) is 4.78. The minimum Gasteiger partial charge on any atom is -0.481 e. The average Bonchev–Trinajstić information content (AvgIpc) is 2.47. The first-order valence-corrected chi connectivity index (χ1v) is 6.72. The minimum atomic E-state index is -1.57. The van der Waals surface area contributed by atoms with E-state index < -0.39 is 73.7 Å². The molecule has 136 valence electrons. The van der Waals surface area contributed by atoms with Crippen molar-refractivity contribution in [3.63, 3.8) is 0 Å². The first kappa shape index (κ1) is 21.3. The van der Waals surface area contributed by atoms with Gasteiger partial charge in [-0.2, -0.15) is 0 Å². The van der Waals surface area contributed by atoms with Crippen molar-refractivity contribution in [2.75, 3.05) is 6.61 Å². The van der Waals surface area contributed by atoms with E-state index >= 15 is 0 Å². The van der Waals surface area contributed by atoms with Gasteiger partial charge in [-0.15, -0.1) is 0 Å². The van der Waals surface area contributed by atoms with Crippen LogP contribution in [0, 0.1) is 0 Å². The van der Waals surface area contributed by atoms with Crippen molar-refractivity contribution in [1.82, 2.24) is 10.6 Å². The van der Waals surface area contributed by atoms with Crippen LogP contribution in [0.15, 0.2) is 0 Å². The zero-order valence-corrected chi connectivity index (χ0v) is 12.5. The van der Waals surface area contributed by atoms with Crippen LogP contribution < -0.4 is 16.4 Å². The van der Waals surface area contributed by atoms with Gasteiger partial charge >= 0.3 is 17.9 Å². The topological polar surface area (TPSA) is 216 Å². The molecule has 8 N–H and O–H groups in total. The highest BCUT2D eigenvalue weighted by Crippen LogP contribution is 2.00. The molecule has 2 amide bonds. The third-order valence-corrected chi connectivity index (χ3v) is 2.81. The van der Waals surface area contributed by atoms with Gasteiger partial charge in [0.15, 0.2) is 0 Å². The van der Waals surface area contributed by atoms with Crippen LogP contribution in [0.3, 0.4) is 0 Å². The van der Waals surface area contributed by atoms with Crippen molar-refractivity contribution in [2.45, 2.75) is 37.4 Å². The van der Waals surface area contributed by atoms with Crippen LogP contribution in [0.4, 0.5) is 0 Å². The molecule has 0 aliphatic carbocycles. The van der Waals surface area contributed by atoms with E-state index in [1.54, 1.807) is 0 Å². The third-order valence-electron chi connectivity index (χ3n) is 2.81. The summed E-state index contributed by atoms with van der Waals surface area (Å²) in [6, 6.07) is -4.57. The zero-order chi connectivity index (χ0) is 18.9. The van der Waals surface area contributed by atoms with Gasteiger partial charge in [0.25, 0.3) is 0 Å². The van der Waals surface area contributed by atoms with Gasteiger partial charge in [0, 0.05) is 6.42 Å². The maximum Gasteiger partial charge on any atom is 0.326 e. The molecule has 0 aromatic heterocycles. The van der Waals surface area contributed by atoms with Gasteiger partial charge in [-0.3, -0.25) is 19.2 Å². The Morgan fingerprint density at radius 1 is 0.875 bits per heavy atom. The number of carbonyl (C=O) groups is 5. The number of carboxylic acids is 3. The molecule has 0 saturated carbocycles. The molecule has 0 bridgehead atoms. The molecule has 0 aromatic rings. The first-order valence-electron chi connectivity index (χ1n) is 6.72. The number of nitrogens with one attached hydrogen (secondary N) is 2. The van der Waals surface area contributed by atoms with Crippen molar-refractivity contribution in [3.05, 3.63) is 0 Å². The lowest BCUT2D eigenvalue weighted by Gasteiger charge is -2.20. The Kier molecular flexibility index (Phi) is 8.97. The van der Waals surface area contributed by atoms with Gasteiger partial charge in [-0.1, -0.05) is 0 Å². The number of aliphatic hydroxyl groups is 1. The van der Waals surface area contributed by atoms with Crippen LogP contribution in [0.1, 0.15) is 19.3 Å². The van der Waals surface area contributed by atoms with Crippen molar-refractivity contribution in [1.29, 1.82) is 0 Å². The summed E-state index contributed by atoms with van der Waals surface area (Å²) in [5.74, 6) is -6.20. The van der Waals surface area contributed by atoms with Gasteiger partial charge in [0.2, 0.25) is 11.8 Å². The van der Waals surface area contributed by atoms with E-state index in [9.17, 15) is 24.0 Å². The van der Waals surface area contributed by atoms with E-state index in [-0.39, 0.29) is 0 Å². The van der Waals surface area contributed by atoms with Crippen molar-refractivity contribution < 1.29 is 44.4 Å². The standard InChI is InChI=1S/C12H19N3O9/c13-5(3-9(19)20)10(21)15-7(4-16)11(22)14-6(12(23)24)1-2-8(17)18/h5-7,16H,1-4,13H2,(H,14,22)(H,15,21)(H,17,18)(H,19,20)(H,23,24). The molecule has 3 unspecified atom stereocenters. The van der Waals surface area contributed by atoms with Crippen LogP contribution in [-0.2, 0) is 24.0 Å². The Balaban J connectivity index is 4.76. The van der Waals surface area contributed by atoms with Gasteiger partial charge in [-0.05, 0) is 6.42 Å². The highest BCUT2D eigenvalue weighted by Gasteiger charge is 2.28. The largest absolute Gasteiger partial charge is 0.481 e. The summed E-state index contributed by atoms with van der Waals surface area (Å²) in [6.45, 7) is -0.900. The normalized spacial score (nSPS) is 14.1. The summed E-state index contributed by atoms with van der Waals surface area (Å²) in [7, 11) is 0. The van der Waals surface area contributed by atoms with Crippen molar-refractivity contribution in [3.8, 4) is 0 Å². The Hall–Kier alpha value is -2.73. The predicted molar refractivity (Wildman–Crippen MR) is 75.7 cm³/mol. The SMILES string of the molecule is NC(CC(=O)O)C(=O)NC(CO)C(=O)NC(CCC(=O)O)C(=O)O. The molecular weight excluding hydrogens is 330 g/mol. The van der Waals surface area contributed by atoms with Gasteiger partial charge < -0.3 is 36.8 Å². The Bertz CT molecular complexity index is 508. The molecule has 12 nitrogen and oxygen atoms in total. The minimum absolute atomic E-state index is 0.402. The molecule has 0 radical (unpaired) electrons. The molecular formula is C12H19N3O9. The fourth-order valence-corrected chi connectivity index (χ4v) is 1.55. The quantitative estimate of drug-likeness (QED) is 0.197. The molecule has 0 rings (SSSR count). The summed E-state index contributed by atoms with van der Waals surface area (Å²) >= 11 is 0. The van der Waals surface area contributed by atoms with E-state index in [4.69, 9.17) is 26.2 Å². The zero-order valence-electron chi connectivity index (χ0n) is 12.5. The predicted octanol–water partition coefficient (Wildman–Crippen LogP) is -3.30. The number of nitrogens with two attached hydrogens (primary N) is 1. The van der Waals surface area contributed by atoms with E-state index in [1.807, 2.05) is 10.6 Å². The molecule has 3 atom stereocenters. The Labute approximate surface area is 135 Å². The Morgan fingerprint density at radius 2 is 1.42 bits per heavy atom. The fourth-order valence-electron chi connectivity index (χ4n) is 1.55. The van der Waals surface area contributed by atoms with Gasteiger partial charge in [0.1, 0.15) is 12.1 Å². The molecule has 12 heteroatoms. The van der Waals surface area contributed by atoms with Crippen LogP contribution in [-0.4, -0.2) is 74.9 Å². The summed E-state index contributed by atoms with van der Waals surface area (Å²) in [4.78, 5) is 55.3. The van der Waals surface area contributed by atoms with Gasteiger partial charge in [0.05, 0.1) is 19.1 Å². The summed E-state index contributed by atoms with van der Waals surface area (Å²) in [5, 5.41) is 39.0. The van der Waals surface area contributed by atoms with E-state index in [1.165, 1.54) is 0 Å². The van der Waals surface area contributed by atoms with Gasteiger partial charge in [-0.25, -0.2) is 4.79 Å². The fraction of sp³-hybridized carbons (Fsp3) is 0.583. The third kappa shape index (κ3) is 8.05. The molecule has 0 spiro atoms. The first-order chi connectivity index (χ1) is 11.1.